The van der Waals surface area contributed by atoms with Crippen molar-refractivity contribution in [2.24, 2.45) is 0 Å². The molecule has 0 aliphatic rings. The van der Waals surface area contributed by atoms with Crippen LogP contribution in [0.2, 0.25) is 5.02 Å². The Kier molecular flexibility index (Phi) is 5.01. The second-order valence-corrected chi connectivity index (χ2v) is 4.88. The Labute approximate surface area is 123 Å². The molecule has 0 aromatic heterocycles. The topological polar surface area (TPSA) is 38.7 Å². The van der Waals surface area contributed by atoms with Gasteiger partial charge in [-0.05, 0) is 28.8 Å². The molecule has 0 heterocycles. The number of aliphatic hydroxyl groups is 1. The molecular weight excluding hydrogens is 276 g/mol. The first kappa shape index (κ1) is 14.9. The first-order valence-electron chi connectivity index (χ1n) is 6.25. The number of aliphatic hydroxyl groups excluding tert-OH is 1. The van der Waals surface area contributed by atoms with Crippen LogP contribution in [-0.4, -0.2) is 19.3 Å². The van der Waals surface area contributed by atoms with Crippen LogP contribution in [0.1, 0.15) is 22.8 Å². The largest absolute Gasteiger partial charge is 0.495 e. The summed E-state index contributed by atoms with van der Waals surface area (Å²) in [5.74, 6) is 0.555. The minimum Gasteiger partial charge on any atom is -0.495 e. The Morgan fingerprint density at radius 2 is 1.70 bits per heavy atom. The predicted octanol–water partition coefficient (Wildman–Crippen LogP) is 3.58. The molecule has 1 N–H and O–H groups in total. The first-order valence-corrected chi connectivity index (χ1v) is 6.62. The quantitative estimate of drug-likeness (QED) is 0.915. The molecule has 0 aliphatic heterocycles. The van der Waals surface area contributed by atoms with E-state index in [1.165, 1.54) is 0 Å². The normalized spacial score (nSPS) is 12.2. The van der Waals surface area contributed by atoms with Gasteiger partial charge in [0.15, 0.2) is 0 Å². The molecule has 2 aromatic rings. The van der Waals surface area contributed by atoms with Crippen molar-refractivity contribution < 1.29 is 14.6 Å². The van der Waals surface area contributed by atoms with Crippen molar-refractivity contribution in [3.63, 3.8) is 0 Å². The molecular formula is C16H17ClO3. The second kappa shape index (κ2) is 6.75. The second-order valence-electron chi connectivity index (χ2n) is 4.47. The fraction of sp³-hybridized carbons (Fsp3) is 0.250. The molecule has 0 fully saturated rings. The van der Waals surface area contributed by atoms with Gasteiger partial charge in [0.25, 0.3) is 0 Å². The van der Waals surface area contributed by atoms with Gasteiger partial charge in [-0.3, -0.25) is 0 Å². The van der Waals surface area contributed by atoms with Crippen LogP contribution in [0.4, 0.5) is 0 Å². The summed E-state index contributed by atoms with van der Waals surface area (Å²) in [5, 5.41) is 10.9. The summed E-state index contributed by atoms with van der Waals surface area (Å²) in [6.07, 6.45) is -0.710. The first-order chi connectivity index (χ1) is 9.65. The fourth-order valence-electron chi connectivity index (χ4n) is 2.00. The predicted molar refractivity (Wildman–Crippen MR) is 79.2 cm³/mol. The lowest BCUT2D eigenvalue weighted by Crippen LogP contribution is -2.00. The van der Waals surface area contributed by atoms with E-state index in [2.05, 4.69) is 0 Å². The van der Waals surface area contributed by atoms with E-state index in [1.807, 2.05) is 24.3 Å². The van der Waals surface area contributed by atoms with Gasteiger partial charge < -0.3 is 14.6 Å². The summed E-state index contributed by atoms with van der Waals surface area (Å²) in [7, 11) is 3.21. The van der Waals surface area contributed by atoms with Crippen LogP contribution in [-0.2, 0) is 11.3 Å². The van der Waals surface area contributed by atoms with Crippen molar-refractivity contribution in [2.45, 2.75) is 12.7 Å². The summed E-state index contributed by atoms with van der Waals surface area (Å²) < 4.78 is 10.2. The van der Waals surface area contributed by atoms with Crippen molar-refractivity contribution in [3.8, 4) is 5.75 Å². The zero-order chi connectivity index (χ0) is 14.5. The van der Waals surface area contributed by atoms with E-state index in [9.17, 15) is 5.11 Å². The molecule has 20 heavy (non-hydrogen) atoms. The average molecular weight is 293 g/mol. The Morgan fingerprint density at radius 1 is 1.05 bits per heavy atom. The van der Waals surface area contributed by atoms with Crippen LogP contribution in [0.15, 0.2) is 42.5 Å². The average Bonchev–Trinajstić information content (AvgIpc) is 2.48. The van der Waals surface area contributed by atoms with Crippen molar-refractivity contribution >= 4 is 11.6 Å². The maximum Gasteiger partial charge on any atom is 0.137 e. The third-order valence-electron chi connectivity index (χ3n) is 3.10. The molecule has 0 radical (unpaired) electrons. The van der Waals surface area contributed by atoms with Crippen molar-refractivity contribution in [1.29, 1.82) is 0 Å². The molecule has 0 saturated heterocycles. The zero-order valence-electron chi connectivity index (χ0n) is 11.5. The van der Waals surface area contributed by atoms with Gasteiger partial charge in [-0.2, -0.15) is 0 Å². The summed E-state index contributed by atoms with van der Waals surface area (Å²) in [6, 6.07) is 12.9. The molecule has 0 amide bonds. The van der Waals surface area contributed by atoms with Crippen LogP contribution >= 0.6 is 11.6 Å². The standard InChI is InChI=1S/C16H17ClO3/c1-19-10-11-3-5-12(6-4-11)16(18)13-7-8-14(17)15(9-13)20-2/h3-9,16,18H,10H2,1-2H3. The molecule has 2 aromatic carbocycles. The number of hydrogen-bond acceptors (Lipinski definition) is 3. The highest BCUT2D eigenvalue weighted by Gasteiger charge is 2.12. The summed E-state index contributed by atoms with van der Waals surface area (Å²) >= 11 is 5.98. The van der Waals surface area contributed by atoms with Crippen LogP contribution in [0.3, 0.4) is 0 Å². The van der Waals surface area contributed by atoms with Gasteiger partial charge in [-0.25, -0.2) is 0 Å². The molecule has 1 atom stereocenters. The number of halogens is 1. The van der Waals surface area contributed by atoms with Gasteiger partial charge in [0.1, 0.15) is 11.9 Å². The lowest BCUT2D eigenvalue weighted by molar-refractivity contribution is 0.184. The zero-order valence-corrected chi connectivity index (χ0v) is 12.2. The summed E-state index contributed by atoms with van der Waals surface area (Å²) in [6.45, 7) is 0.561. The van der Waals surface area contributed by atoms with Gasteiger partial charge in [0, 0.05) is 7.11 Å². The number of ether oxygens (including phenoxy) is 2. The molecule has 0 spiro atoms. The third-order valence-corrected chi connectivity index (χ3v) is 3.41. The number of hydrogen-bond donors (Lipinski definition) is 1. The van der Waals surface area contributed by atoms with Gasteiger partial charge in [0.2, 0.25) is 0 Å². The van der Waals surface area contributed by atoms with Crippen molar-refractivity contribution in [2.75, 3.05) is 14.2 Å². The van der Waals surface area contributed by atoms with E-state index in [4.69, 9.17) is 21.1 Å². The van der Waals surface area contributed by atoms with Gasteiger partial charge >= 0.3 is 0 Å². The van der Waals surface area contributed by atoms with E-state index in [0.29, 0.717) is 17.4 Å². The maximum atomic E-state index is 10.4. The number of benzene rings is 2. The highest BCUT2D eigenvalue weighted by Crippen LogP contribution is 2.30. The van der Waals surface area contributed by atoms with Crippen LogP contribution < -0.4 is 4.74 Å². The van der Waals surface area contributed by atoms with E-state index in [1.54, 1.807) is 32.4 Å². The maximum absolute atomic E-state index is 10.4. The van der Waals surface area contributed by atoms with Crippen molar-refractivity contribution in [1.82, 2.24) is 0 Å². The van der Waals surface area contributed by atoms with E-state index in [-0.39, 0.29) is 0 Å². The summed E-state index contributed by atoms with van der Waals surface area (Å²) in [4.78, 5) is 0. The molecule has 1 unspecified atom stereocenters. The Balaban J connectivity index is 2.24. The van der Waals surface area contributed by atoms with Gasteiger partial charge in [-0.1, -0.05) is 41.9 Å². The molecule has 0 bridgehead atoms. The number of rotatable bonds is 5. The summed E-state index contributed by atoms with van der Waals surface area (Å²) in [5.41, 5.74) is 2.62. The lowest BCUT2D eigenvalue weighted by Gasteiger charge is -2.14. The smallest absolute Gasteiger partial charge is 0.137 e. The minimum absolute atomic E-state index is 0.527. The van der Waals surface area contributed by atoms with Gasteiger partial charge in [-0.15, -0.1) is 0 Å². The molecule has 3 nitrogen and oxygen atoms in total. The molecule has 2 rings (SSSR count). The fourth-order valence-corrected chi connectivity index (χ4v) is 2.20. The van der Waals surface area contributed by atoms with Crippen LogP contribution in [0, 0.1) is 0 Å². The van der Waals surface area contributed by atoms with Gasteiger partial charge in [0.05, 0.1) is 18.7 Å². The Morgan fingerprint density at radius 3 is 2.30 bits per heavy atom. The highest BCUT2D eigenvalue weighted by atomic mass is 35.5. The molecule has 0 aliphatic carbocycles. The number of methoxy groups -OCH3 is 2. The molecule has 106 valence electrons. The molecule has 0 saturated carbocycles. The minimum atomic E-state index is -0.710. The Bertz CT molecular complexity index is 566. The van der Waals surface area contributed by atoms with Crippen LogP contribution in [0.25, 0.3) is 0 Å². The molecule has 4 heteroatoms. The van der Waals surface area contributed by atoms with Crippen molar-refractivity contribution in [3.05, 3.63) is 64.2 Å². The van der Waals surface area contributed by atoms with E-state index in [0.717, 1.165) is 16.7 Å². The third kappa shape index (κ3) is 3.31. The SMILES string of the molecule is COCc1ccc(C(O)c2ccc(Cl)c(OC)c2)cc1. The van der Waals surface area contributed by atoms with Crippen LogP contribution in [0.5, 0.6) is 5.75 Å². The lowest BCUT2D eigenvalue weighted by atomic mass is 10.0. The monoisotopic (exact) mass is 292 g/mol. The van der Waals surface area contributed by atoms with E-state index >= 15 is 0 Å². The van der Waals surface area contributed by atoms with E-state index < -0.39 is 6.10 Å². The Hall–Kier alpha value is -1.55. The highest BCUT2D eigenvalue weighted by molar-refractivity contribution is 6.32.